The van der Waals surface area contributed by atoms with Gasteiger partial charge >= 0.3 is 0 Å². The summed E-state index contributed by atoms with van der Waals surface area (Å²) in [6.07, 6.45) is 16.0. The van der Waals surface area contributed by atoms with E-state index in [1.807, 2.05) is 0 Å². The van der Waals surface area contributed by atoms with Crippen molar-refractivity contribution in [3.8, 4) is 0 Å². The van der Waals surface area contributed by atoms with Gasteiger partial charge in [0.1, 0.15) is 0 Å². The van der Waals surface area contributed by atoms with Gasteiger partial charge in [-0.05, 0) is 44.6 Å². The maximum absolute atomic E-state index is 3.94. The van der Waals surface area contributed by atoms with Crippen molar-refractivity contribution in [3.63, 3.8) is 0 Å². The maximum Gasteiger partial charge on any atom is 0.0207 e. The summed E-state index contributed by atoms with van der Waals surface area (Å²) in [5.74, 6) is 0.970. The molecule has 1 unspecified atom stereocenters. The zero-order valence-corrected chi connectivity index (χ0v) is 11.1. The highest BCUT2D eigenvalue weighted by Gasteiger charge is 2.36. The Morgan fingerprint density at radius 1 is 0.938 bits per heavy atom. The predicted molar refractivity (Wildman–Crippen MR) is 70.7 cm³/mol. The first-order valence-electron chi connectivity index (χ1n) is 7.62. The molecule has 1 heterocycles. The molecule has 1 nitrogen and oxygen atoms in total. The van der Waals surface area contributed by atoms with Crippen LogP contribution in [0.25, 0.3) is 0 Å². The fourth-order valence-electron chi connectivity index (χ4n) is 3.94. The second-order valence-electron chi connectivity index (χ2n) is 5.94. The number of hydrogen-bond acceptors (Lipinski definition) is 1. The van der Waals surface area contributed by atoms with Crippen LogP contribution in [0.2, 0.25) is 0 Å². The summed E-state index contributed by atoms with van der Waals surface area (Å²) in [5.41, 5.74) is 0.515. The monoisotopic (exact) mass is 223 g/mol. The molecule has 16 heavy (non-hydrogen) atoms. The van der Waals surface area contributed by atoms with Crippen LogP contribution in [0.4, 0.5) is 0 Å². The first-order valence-corrected chi connectivity index (χ1v) is 7.62. The van der Waals surface area contributed by atoms with Crippen molar-refractivity contribution in [1.29, 1.82) is 0 Å². The van der Waals surface area contributed by atoms with Gasteiger partial charge in [0, 0.05) is 5.54 Å². The molecule has 94 valence electrons. The lowest BCUT2D eigenvalue weighted by Gasteiger charge is -2.40. The minimum atomic E-state index is 0.515. The van der Waals surface area contributed by atoms with Gasteiger partial charge in [0.05, 0.1) is 0 Å². The highest BCUT2D eigenvalue weighted by Crippen LogP contribution is 2.38. The Hall–Kier alpha value is -0.0400. The molecular formula is C15H29N. The third-order valence-corrected chi connectivity index (χ3v) is 5.04. The van der Waals surface area contributed by atoms with E-state index in [1.165, 1.54) is 77.2 Å². The summed E-state index contributed by atoms with van der Waals surface area (Å²) >= 11 is 0. The SMILES string of the molecule is CCC1(C2CCCCCC2)CCCCCN1. The van der Waals surface area contributed by atoms with Gasteiger partial charge in [0.25, 0.3) is 0 Å². The quantitative estimate of drug-likeness (QED) is 0.689. The van der Waals surface area contributed by atoms with E-state index in [9.17, 15) is 0 Å². The van der Waals surface area contributed by atoms with Gasteiger partial charge in [-0.1, -0.05) is 45.4 Å². The van der Waals surface area contributed by atoms with E-state index in [1.54, 1.807) is 0 Å². The Bertz CT molecular complexity index is 184. The van der Waals surface area contributed by atoms with Gasteiger partial charge in [0.15, 0.2) is 0 Å². The normalized spacial score (nSPS) is 34.3. The van der Waals surface area contributed by atoms with Crippen LogP contribution in [-0.2, 0) is 0 Å². The minimum absolute atomic E-state index is 0.515. The Labute approximate surface area is 101 Å². The molecule has 0 amide bonds. The summed E-state index contributed by atoms with van der Waals surface area (Å²) in [4.78, 5) is 0. The third kappa shape index (κ3) is 2.80. The molecule has 1 heteroatoms. The van der Waals surface area contributed by atoms with Crippen LogP contribution in [0.3, 0.4) is 0 Å². The van der Waals surface area contributed by atoms with Gasteiger partial charge in [-0.15, -0.1) is 0 Å². The molecule has 0 aromatic rings. The van der Waals surface area contributed by atoms with Crippen molar-refractivity contribution in [2.45, 2.75) is 83.1 Å². The molecule has 2 aliphatic rings. The molecule has 1 saturated heterocycles. The lowest BCUT2D eigenvalue weighted by atomic mass is 9.74. The highest BCUT2D eigenvalue weighted by atomic mass is 15.0. The van der Waals surface area contributed by atoms with Crippen molar-refractivity contribution in [2.24, 2.45) is 5.92 Å². The first kappa shape index (κ1) is 12.4. The van der Waals surface area contributed by atoms with Crippen LogP contribution >= 0.6 is 0 Å². The smallest absolute Gasteiger partial charge is 0.0207 e. The van der Waals surface area contributed by atoms with Crippen molar-refractivity contribution >= 4 is 0 Å². The predicted octanol–water partition coefficient (Wildman–Crippen LogP) is 4.27. The molecule has 0 radical (unpaired) electrons. The zero-order valence-electron chi connectivity index (χ0n) is 11.1. The van der Waals surface area contributed by atoms with Crippen LogP contribution < -0.4 is 5.32 Å². The fourth-order valence-corrected chi connectivity index (χ4v) is 3.94. The Balaban J connectivity index is 2.04. The molecule has 1 saturated carbocycles. The Morgan fingerprint density at radius 3 is 2.31 bits per heavy atom. The summed E-state index contributed by atoms with van der Waals surface area (Å²) in [7, 11) is 0. The molecular weight excluding hydrogens is 194 g/mol. The maximum atomic E-state index is 3.94. The largest absolute Gasteiger partial charge is 0.311 e. The average molecular weight is 223 g/mol. The molecule has 1 atom stereocenters. The number of nitrogens with one attached hydrogen (secondary N) is 1. The third-order valence-electron chi connectivity index (χ3n) is 5.04. The second kappa shape index (κ2) is 6.05. The van der Waals surface area contributed by atoms with Gasteiger partial charge in [-0.25, -0.2) is 0 Å². The summed E-state index contributed by atoms with van der Waals surface area (Å²) in [5, 5.41) is 3.94. The van der Waals surface area contributed by atoms with E-state index in [0.29, 0.717) is 5.54 Å². The van der Waals surface area contributed by atoms with E-state index in [2.05, 4.69) is 12.2 Å². The Kier molecular flexibility index (Phi) is 4.69. The van der Waals surface area contributed by atoms with Gasteiger partial charge in [-0.2, -0.15) is 0 Å². The number of rotatable bonds is 2. The summed E-state index contributed by atoms with van der Waals surface area (Å²) < 4.78 is 0. The standard InChI is InChI=1S/C15H29N/c1-2-15(12-8-5-9-13-16-15)14-10-6-3-4-7-11-14/h14,16H,2-13H2,1H3. The second-order valence-corrected chi connectivity index (χ2v) is 5.94. The van der Waals surface area contributed by atoms with E-state index in [-0.39, 0.29) is 0 Å². The van der Waals surface area contributed by atoms with Crippen LogP contribution in [0.1, 0.15) is 77.6 Å². The summed E-state index contributed by atoms with van der Waals surface area (Å²) in [6, 6.07) is 0. The van der Waals surface area contributed by atoms with E-state index < -0.39 is 0 Å². The van der Waals surface area contributed by atoms with Crippen LogP contribution in [0.15, 0.2) is 0 Å². The molecule has 0 spiro atoms. The van der Waals surface area contributed by atoms with Crippen molar-refractivity contribution in [3.05, 3.63) is 0 Å². The molecule has 1 N–H and O–H groups in total. The highest BCUT2D eigenvalue weighted by molar-refractivity contribution is 4.95. The fraction of sp³-hybridized carbons (Fsp3) is 1.00. The van der Waals surface area contributed by atoms with Crippen LogP contribution in [0, 0.1) is 5.92 Å². The minimum Gasteiger partial charge on any atom is -0.311 e. The molecule has 1 aliphatic heterocycles. The lowest BCUT2D eigenvalue weighted by Crippen LogP contribution is -2.50. The molecule has 0 aromatic heterocycles. The molecule has 0 bridgehead atoms. The van der Waals surface area contributed by atoms with E-state index >= 15 is 0 Å². The lowest BCUT2D eigenvalue weighted by molar-refractivity contribution is 0.173. The first-order chi connectivity index (χ1) is 7.87. The van der Waals surface area contributed by atoms with Crippen LogP contribution in [-0.4, -0.2) is 12.1 Å². The van der Waals surface area contributed by atoms with Crippen molar-refractivity contribution in [1.82, 2.24) is 5.32 Å². The van der Waals surface area contributed by atoms with Crippen LogP contribution in [0.5, 0.6) is 0 Å². The van der Waals surface area contributed by atoms with Gasteiger partial charge in [0.2, 0.25) is 0 Å². The molecule has 0 aromatic carbocycles. The average Bonchev–Trinajstić information content (AvgIpc) is 2.72. The van der Waals surface area contributed by atoms with E-state index in [4.69, 9.17) is 0 Å². The molecule has 2 fully saturated rings. The van der Waals surface area contributed by atoms with E-state index in [0.717, 1.165) is 5.92 Å². The summed E-state index contributed by atoms with van der Waals surface area (Å²) in [6.45, 7) is 3.67. The Morgan fingerprint density at radius 2 is 1.62 bits per heavy atom. The topological polar surface area (TPSA) is 12.0 Å². The molecule has 2 rings (SSSR count). The van der Waals surface area contributed by atoms with Gasteiger partial charge in [-0.3, -0.25) is 0 Å². The van der Waals surface area contributed by atoms with Gasteiger partial charge < -0.3 is 5.32 Å². The zero-order chi connectivity index (χ0) is 11.3. The van der Waals surface area contributed by atoms with Crippen molar-refractivity contribution in [2.75, 3.05) is 6.54 Å². The van der Waals surface area contributed by atoms with Crippen molar-refractivity contribution < 1.29 is 0 Å². The number of hydrogen-bond donors (Lipinski definition) is 1. The molecule has 1 aliphatic carbocycles.